The van der Waals surface area contributed by atoms with Gasteiger partial charge < -0.3 is 42.3 Å². The van der Waals surface area contributed by atoms with Gasteiger partial charge in [0.15, 0.2) is 0 Å². The molecule has 0 saturated carbocycles. The Balaban J connectivity index is -0.000000834. The third kappa shape index (κ3) is 22.9. The Labute approximate surface area is 289 Å². The fourth-order valence-corrected chi connectivity index (χ4v) is 4.40. The standard InChI is InChI=1S/C24H33N3O.C7H8O.2C2H6.CH3NO.CH5N.CH2O2/c1-17(2)21-8-10-22(11-9-21)25-18(3)19(4)26-23-12-13-27(16-23)15-20-6-5-7-24(28)14-20;1-6-2-4-7(8)5-3-6;2*1-2;2-1-3;1-2;2-1-3/h5-11,14,17-18,23,25-26,28H,4,12-13,15-16H2,1-3H3;2-5,8H,1H3;2*1-2H3;1H,(H2,2,3);2H2,1H3;1H,(H,2,3)/p+1. The number of nitrogens with one attached hydrogen (secondary N) is 3. The number of carbonyl (C=O) groups is 2. The highest BCUT2D eigenvalue weighted by Gasteiger charge is 2.27. The molecule has 1 amide bonds. The number of rotatable bonds is 8. The lowest BCUT2D eigenvalue weighted by molar-refractivity contribution is -0.901. The number of primary amides is 1. The third-order valence-corrected chi connectivity index (χ3v) is 6.65. The van der Waals surface area contributed by atoms with Crippen molar-refractivity contribution < 1.29 is 29.8 Å². The van der Waals surface area contributed by atoms with E-state index in [0.717, 1.165) is 37.4 Å². The fourth-order valence-electron chi connectivity index (χ4n) is 4.40. The molecule has 1 aliphatic heterocycles. The SMILES string of the molecule is C=C(NC1CC[NH+](Cc2cccc(O)c2)C1)C(C)Nc1ccc(C(C)C)cc1.CC.CC.CN.Cc1ccc(O)cc1.NC=O.O=CO. The van der Waals surface area contributed by atoms with Crippen molar-refractivity contribution >= 4 is 18.6 Å². The Morgan fingerprint density at radius 3 is 1.92 bits per heavy atom. The topological polar surface area (TPSA) is 175 Å². The molecule has 0 bridgehead atoms. The maximum atomic E-state index is 9.64. The summed E-state index contributed by atoms with van der Waals surface area (Å²) in [7, 11) is 1.50. The molecule has 3 unspecified atom stereocenters. The van der Waals surface area contributed by atoms with Gasteiger partial charge in [-0.25, -0.2) is 0 Å². The molecule has 10 nitrogen and oxygen atoms in total. The Kier molecular flexibility index (Phi) is 31.0. The normalized spacial score (nSPS) is 14.1. The van der Waals surface area contributed by atoms with Crippen LogP contribution in [0.3, 0.4) is 0 Å². The van der Waals surface area contributed by atoms with Crippen molar-refractivity contribution in [1.82, 2.24) is 5.32 Å². The summed E-state index contributed by atoms with van der Waals surface area (Å²) >= 11 is 0. The number of anilines is 1. The lowest BCUT2D eigenvalue weighted by Crippen LogP contribution is -3.09. The van der Waals surface area contributed by atoms with Gasteiger partial charge in [0.2, 0.25) is 6.41 Å². The number of phenolic OH excluding ortho intramolecular Hbond substituents is 2. The van der Waals surface area contributed by atoms with Crippen molar-refractivity contribution in [3.63, 3.8) is 0 Å². The molecule has 3 aromatic rings. The van der Waals surface area contributed by atoms with Gasteiger partial charge in [-0.2, -0.15) is 0 Å². The maximum Gasteiger partial charge on any atom is 0.290 e. The largest absolute Gasteiger partial charge is 0.508 e. The van der Waals surface area contributed by atoms with Crippen LogP contribution < -0.4 is 27.0 Å². The zero-order valence-corrected chi connectivity index (χ0v) is 30.7. The van der Waals surface area contributed by atoms with Crippen LogP contribution in [0.2, 0.25) is 0 Å². The smallest absolute Gasteiger partial charge is 0.290 e. The molecule has 3 atom stereocenters. The molecule has 1 aliphatic rings. The Hall–Kier alpha value is -4.54. The maximum absolute atomic E-state index is 9.64. The zero-order chi connectivity index (χ0) is 37.5. The highest BCUT2D eigenvalue weighted by atomic mass is 16.3. The molecular formula is C38H64N5O5+. The quantitative estimate of drug-likeness (QED) is 0.147. The summed E-state index contributed by atoms with van der Waals surface area (Å²) in [6.07, 6.45) is 1.39. The fraction of sp³-hybridized carbons (Fsp3) is 0.421. The molecule has 0 spiro atoms. The average molecular weight is 671 g/mol. The molecule has 48 heavy (non-hydrogen) atoms. The second-order valence-electron chi connectivity index (χ2n) is 10.4. The molecule has 4 rings (SSSR count). The number of phenols is 2. The van der Waals surface area contributed by atoms with E-state index < -0.39 is 0 Å². The average Bonchev–Trinajstić information content (AvgIpc) is 3.52. The minimum atomic E-state index is -0.250. The summed E-state index contributed by atoms with van der Waals surface area (Å²) in [5, 5.41) is 32.5. The molecule has 1 heterocycles. The number of likely N-dealkylation sites (tertiary alicyclic amines) is 1. The number of amides is 1. The first-order valence-electron chi connectivity index (χ1n) is 16.5. The first-order chi connectivity index (χ1) is 23.0. The summed E-state index contributed by atoms with van der Waals surface area (Å²) in [6, 6.07) is 24.0. The van der Waals surface area contributed by atoms with E-state index in [1.807, 2.05) is 58.9 Å². The van der Waals surface area contributed by atoms with Crippen LogP contribution in [0.25, 0.3) is 0 Å². The number of aryl methyl sites for hydroxylation is 1. The number of aromatic hydroxyl groups is 2. The van der Waals surface area contributed by atoms with Crippen molar-refractivity contribution in [3.05, 3.63) is 102 Å². The van der Waals surface area contributed by atoms with Crippen LogP contribution in [0.5, 0.6) is 11.5 Å². The van der Waals surface area contributed by atoms with Crippen LogP contribution in [0.15, 0.2) is 85.1 Å². The number of benzene rings is 3. The number of carbonyl (C=O) groups excluding carboxylic acids is 1. The van der Waals surface area contributed by atoms with Crippen molar-refractivity contribution in [2.45, 2.75) is 86.4 Å². The predicted molar refractivity (Wildman–Crippen MR) is 201 cm³/mol. The van der Waals surface area contributed by atoms with Crippen LogP contribution in [0, 0.1) is 6.92 Å². The zero-order valence-electron chi connectivity index (χ0n) is 30.7. The van der Waals surface area contributed by atoms with E-state index >= 15 is 0 Å². The minimum Gasteiger partial charge on any atom is -0.508 e. The second-order valence-corrected chi connectivity index (χ2v) is 10.4. The molecule has 1 fully saturated rings. The predicted octanol–water partition coefficient (Wildman–Crippen LogP) is 5.41. The van der Waals surface area contributed by atoms with Gasteiger partial charge >= 0.3 is 0 Å². The van der Waals surface area contributed by atoms with E-state index in [1.165, 1.54) is 23.7 Å². The number of nitrogens with two attached hydrogens (primary N) is 2. The van der Waals surface area contributed by atoms with Crippen molar-refractivity contribution in [3.8, 4) is 11.5 Å². The first kappa shape index (κ1) is 47.9. The summed E-state index contributed by atoms with van der Waals surface area (Å²) in [5.74, 6) is 1.23. The van der Waals surface area contributed by atoms with Gasteiger partial charge in [-0.05, 0) is 68.8 Å². The van der Waals surface area contributed by atoms with E-state index in [4.69, 9.17) is 19.8 Å². The van der Waals surface area contributed by atoms with Gasteiger partial charge in [-0.3, -0.25) is 9.59 Å². The van der Waals surface area contributed by atoms with E-state index in [9.17, 15) is 5.11 Å². The molecular weight excluding hydrogens is 606 g/mol. The van der Waals surface area contributed by atoms with E-state index in [1.54, 1.807) is 23.1 Å². The summed E-state index contributed by atoms with van der Waals surface area (Å²) in [5.41, 5.74) is 14.5. The molecule has 270 valence electrons. The molecule has 1 saturated heterocycles. The minimum absolute atomic E-state index is 0.167. The van der Waals surface area contributed by atoms with Gasteiger partial charge in [-0.15, -0.1) is 0 Å². The molecule has 0 radical (unpaired) electrons. The molecule has 3 aromatic carbocycles. The molecule has 10 heteroatoms. The number of hydrogen-bond acceptors (Lipinski definition) is 7. The second kappa shape index (κ2) is 31.1. The van der Waals surface area contributed by atoms with Crippen molar-refractivity contribution in [2.24, 2.45) is 11.5 Å². The molecule has 0 aliphatic carbocycles. The van der Waals surface area contributed by atoms with Gasteiger partial charge in [0, 0.05) is 23.4 Å². The Bertz CT molecular complexity index is 1180. The van der Waals surface area contributed by atoms with E-state index in [0.29, 0.717) is 23.5 Å². The van der Waals surface area contributed by atoms with Crippen LogP contribution >= 0.6 is 0 Å². The van der Waals surface area contributed by atoms with E-state index in [2.05, 4.69) is 79.8 Å². The van der Waals surface area contributed by atoms with Crippen molar-refractivity contribution in [2.75, 3.05) is 25.5 Å². The van der Waals surface area contributed by atoms with Gasteiger partial charge in [0.25, 0.3) is 6.47 Å². The lowest BCUT2D eigenvalue weighted by atomic mass is 10.0. The van der Waals surface area contributed by atoms with Crippen LogP contribution in [-0.2, 0) is 16.1 Å². The number of hydrogen-bond donors (Lipinski definition) is 8. The van der Waals surface area contributed by atoms with Gasteiger partial charge in [0.1, 0.15) is 18.0 Å². The third-order valence-electron chi connectivity index (χ3n) is 6.65. The first-order valence-corrected chi connectivity index (χ1v) is 16.5. The number of quaternary nitrogens is 1. The highest BCUT2D eigenvalue weighted by Crippen LogP contribution is 2.18. The van der Waals surface area contributed by atoms with Gasteiger partial charge in [-0.1, -0.05) is 90.1 Å². The van der Waals surface area contributed by atoms with Gasteiger partial charge in [0.05, 0.1) is 25.2 Å². The summed E-state index contributed by atoms with van der Waals surface area (Å²) in [6.45, 7) is 23.7. The number of carboxylic acid groups (broad SMARTS) is 1. The van der Waals surface area contributed by atoms with Crippen molar-refractivity contribution in [1.29, 1.82) is 0 Å². The summed E-state index contributed by atoms with van der Waals surface area (Å²) < 4.78 is 0. The Morgan fingerprint density at radius 1 is 0.938 bits per heavy atom. The Morgan fingerprint density at radius 2 is 1.46 bits per heavy atom. The highest BCUT2D eigenvalue weighted by molar-refractivity contribution is 5.47. The molecule has 0 aromatic heterocycles. The van der Waals surface area contributed by atoms with Crippen LogP contribution in [0.4, 0.5) is 5.69 Å². The lowest BCUT2D eigenvalue weighted by Gasteiger charge is -2.22. The summed E-state index contributed by atoms with van der Waals surface area (Å²) in [4.78, 5) is 18.5. The van der Waals surface area contributed by atoms with Crippen LogP contribution in [-0.4, -0.2) is 60.4 Å². The monoisotopic (exact) mass is 670 g/mol. The van der Waals surface area contributed by atoms with E-state index in [-0.39, 0.29) is 18.9 Å². The molecule has 10 N–H and O–H groups in total. The van der Waals surface area contributed by atoms with Crippen LogP contribution in [0.1, 0.15) is 77.5 Å².